The molecule has 12 heteroatoms. The fourth-order valence-electron chi connectivity index (χ4n) is 5.61. The molecule has 34 heavy (non-hydrogen) atoms. The average Bonchev–Trinajstić information content (AvgIpc) is 3.31. The standard InChI is InChI=1S/C22H31F3N8O/c23-15-9-28-20-18(19(26)30-33(20)12-15)21(34)29-16-10-27-5-1-17(16)32-6-2-14(3-7-32)11-31-8-4-22(24,25)13-31/h9,12,14,16-17,27H,1-8,10-11,13H2,(H2,26,30)(H,29,34). The molecule has 0 saturated carbocycles. The van der Waals surface area contributed by atoms with E-state index in [1.807, 2.05) is 4.90 Å². The van der Waals surface area contributed by atoms with Gasteiger partial charge in [0.1, 0.15) is 5.56 Å². The Bertz CT molecular complexity index is 1040. The maximum atomic E-state index is 13.5. The van der Waals surface area contributed by atoms with Gasteiger partial charge in [0.05, 0.1) is 25.0 Å². The Morgan fingerprint density at radius 3 is 2.79 bits per heavy atom. The van der Waals surface area contributed by atoms with Crippen molar-refractivity contribution in [3.05, 3.63) is 23.8 Å². The number of rotatable bonds is 5. The molecule has 0 bridgehead atoms. The lowest BCUT2D eigenvalue weighted by Crippen LogP contribution is -2.61. The average molecular weight is 481 g/mol. The summed E-state index contributed by atoms with van der Waals surface area (Å²) in [6, 6.07) is 0.0283. The number of carbonyl (C=O) groups excluding carboxylic acids is 1. The molecule has 0 spiro atoms. The van der Waals surface area contributed by atoms with E-state index in [1.165, 1.54) is 4.52 Å². The van der Waals surface area contributed by atoms with Crippen molar-refractivity contribution in [2.45, 2.75) is 43.7 Å². The number of hydrogen-bond acceptors (Lipinski definition) is 7. The van der Waals surface area contributed by atoms with Crippen LogP contribution in [0.5, 0.6) is 0 Å². The van der Waals surface area contributed by atoms with Crippen molar-refractivity contribution >= 4 is 17.4 Å². The summed E-state index contributed by atoms with van der Waals surface area (Å²) in [5.41, 5.74) is 6.31. The van der Waals surface area contributed by atoms with E-state index in [2.05, 4.69) is 25.6 Å². The highest BCUT2D eigenvalue weighted by Crippen LogP contribution is 2.30. The second-order valence-electron chi connectivity index (χ2n) is 9.76. The van der Waals surface area contributed by atoms with Crippen LogP contribution in [-0.4, -0.2) is 94.1 Å². The van der Waals surface area contributed by atoms with E-state index in [0.29, 0.717) is 19.0 Å². The molecule has 2 unspecified atom stereocenters. The van der Waals surface area contributed by atoms with Crippen LogP contribution >= 0.6 is 0 Å². The fourth-order valence-corrected chi connectivity index (χ4v) is 5.61. The molecule has 3 aliphatic heterocycles. The van der Waals surface area contributed by atoms with Gasteiger partial charge in [-0.15, -0.1) is 5.10 Å². The number of nitrogens with one attached hydrogen (secondary N) is 2. The molecule has 2 aromatic heterocycles. The first-order chi connectivity index (χ1) is 16.3. The normalized spacial score (nSPS) is 26.8. The van der Waals surface area contributed by atoms with E-state index in [9.17, 15) is 18.0 Å². The second kappa shape index (κ2) is 9.31. The number of aromatic nitrogens is 3. The zero-order valence-electron chi connectivity index (χ0n) is 19.0. The summed E-state index contributed by atoms with van der Waals surface area (Å²) in [5.74, 6) is -3.07. The zero-order valence-corrected chi connectivity index (χ0v) is 19.0. The van der Waals surface area contributed by atoms with E-state index < -0.39 is 11.7 Å². The molecule has 4 N–H and O–H groups in total. The molecular weight excluding hydrogens is 449 g/mol. The summed E-state index contributed by atoms with van der Waals surface area (Å²) in [5, 5.41) is 10.4. The maximum absolute atomic E-state index is 13.5. The van der Waals surface area contributed by atoms with E-state index in [4.69, 9.17) is 5.73 Å². The van der Waals surface area contributed by atoms with Crippen LogP contribution in [0.1, 0.15) is 36.0 Å². The van der Waals surface area contributed by atoms with Crippen LogP contribution in [0.4, 0.5) is 19.0 Å². The molecule has 5 rings (SSSR count). The Hall–Kier alpha value is -2.44. The summed E-state index contributed by atoms with van der Waals surface area (Å²) in [6.07, 6.45) is 4.94. The first-order valence-corrected chi connectivity index (χ1v) is 11.9. The van der Waals surface area contributed by atoms with Crippen LogP contribution in [0.25, 0.3) is 5.65 Å². The largest absolute Gasteiger partial charge is 0.381 e. The topological polar surface area (TPSA) is 104 Å². The Morgan fingerprint density at radius 1 is 1.26 bits per heavy atom. The van der Waals surface area contributed by atoms with E-state index in [1.54, 1.807) is 0 Å². The van der Waals surface area contributed by atoms with Crippen LogP contribution in [-0.2, 0) is 0 Å². The highest BCUT2D eigenvalue weighted by molar-refractivity contribution is 6.04. The fraction of sp³-hybridized carbons (Fsp3) is 0.682. The quantitative estimate of drug-likeness (QED) is 0.586. The smallest absolute Gasteiger partial charge is 0.261 e. The highest BCUT2D eigenvalue weighted by atomic mass is 19.3. The molecule has 0 aliphatic carbocycles. The third kappa shape index (κ3) is 4.84. The summed E-state index contributed by atoms with van der Waals surface area (Å²) in [4.78, 5) is 21.4. The lowest BCUT2D eigenvalue weighted by Gasteiger charge is -2.44. The van der Waals surface area contributed by atoms with Gasteiger partial charge in [-0.3, -0.25) is 14.6 Å². The molecule has 1 amide bonds. The highest BCUT2D eigenvalue weighted by Gasteiger charge is 2.40. The van der Waals surface area contributed by atoms with Crippen molar-refractivity contribution in [2.24, 2.45) is 5.92 Å². The van der Waals surface area contributed by atoms with Gasteiger partial charge in [0, 0.05) is 32.1 Å². The van der Waals surface area contributed by atoms with Gasteiger partial charge >= 0.3 is 0 Å². The summed E-state index contributed by atoms with van der Waals surface area (Å²) in [7, 11) is 0. The first-order valence-electron chi connectivity index (χ1n) is 11.9. The molecule has 2 atom stereocenters. The predicted octanol–water partition coefficient (Wildman–Crippen LogP) is 0.964. The Balaban J connectivity index is 1.21. The van der Waals surface area contributed by atoms with Crippen LogP contribution in [0, 0.1) is 11.7 Å². The van der Waals surface area contributed by atoms with E-state index in [-0.39, 0.29) is 48.0 Å². The number of fused-ring (bicyclic) bond motifs is 1. The maximum Gasteiger partial charge on any atom is 0.261 e. The van der Waals surface area contributed by atoms with Gasteiger partial charge in [0.2, 0.25) is 0 Å². The lowest BCUT2D eigenvalue weighted by molar-refractivity contribution is 0.00872. The van der Waals surface area contributed by atoms with Crippen molar-refractivity contribution < 1.29 is 18.0 Å². The number of piperidine rings is 2. The number of hydrogen-bond donors (Lipinski definition) is 3. The van der Waals surface area contributed by atoms with Gasteiger partial charge < -0.3 is 16.4 Å². The first kappa shape index (κ1) is 23.3. The van der Waals surface area contributed by atoms with Crippen LogP contribution < -0.4 is 16.4 Å². The Kier molecular flexibility index (Phi) is 6.38. The number of nitrogens with two attached hydrogens (primary N) is 1. The molecule has 3 aliphatic rings. The molecule has 3 fully saturated rings. The lowest BCUT2D eigenvalue weighted by atomic mass is 9.91. The molecule has 0 radical (unpaired) electrons. The van der Waals surface area contributed by atoms with Crippen molar-refractivity contribution in [3.8, 4) is 0 Å². The van der Waals surface area contributed by atoms with Gasteiger partial charge in [-0.2, -0.15) is 0 Å². The van der Waals surface area contributed by atoms with E-state index in [0.717, 1.165) is 57.8 Å². The Labute approximate surface area is 195 Å². The number of alkyl halides is 2. The molecule has 2 aromatic rings. The summed E-state index contributed by atoms with van der Waals surface area (Å²) in [6.45, 7) is 4.34. The summed E-state index contributed by atoms with van der Waals surface area (Å²) >= 11 is 0. The SMILES string of the molecule is Nc1nn2cc(F)cnc2c1C(=O)NC1CNCCC1N1CCC(CN2CCC(F)(F)C2)CC1. The predicted molar refractivity (Wildman–Crippen MR) is 120 cm³/mol. The van der Waals surface area contributed by atoms with Gasteiger partial charge in [0.15, 0.2) is 17.3 Å². The Morgan fingerprint density at radius 2 is 2.06 bits per heavy atom. The minimum Gasteiger partial charge on any atom is -0.381 e. The van der Waals surface area contributed by atoms with Gasteiger partial charge in [-0.05, 0) is 44.8 Å². The number of nitrogens with zero attached hydrogens (tertiary/aromatic N) is 5. The van der Waals surface area contributed by atoms with Gasteiger partial charge in [-0.25, -0.2) is 22.7 Å². The van der Waals surface area contributed by atoms with Crippen LogP contribution in [0.3, 0.4) is 0 Å². The minimum absolute atomic E-state index is 0.00391. The molecule has 9 nitrogen and oxygen atoms in total. The number of likely N-dealkylation sites (tertiary alicyclic amines) is 2. The van der Waals surface area contributed by atoms with E-state index >= 15 is 0 Å². The van der Waals surface area contributed by atoms with Gasteiger partial charge in [0.25, 0.3) is 11.8 Å². The third-order valence-electron chi connectivity index (χ3n) is 7.34. The number of carbonyl (C=O) groups is 1. The van der Waals surface area contributed by atoms with Crippen molar-refractivity contribution in [1.29, 1.82) is 0 Å². The number of amides is 1. The number of halogens is 3. The molecule has 3 saturated heterocycles. The molecular formula is C22H31F3N8O. The van der Waals surface area contributed by atoms with Crippen LogP contribution in [0.2, 0.25) is 0 Å². The molecule has 0 aromatic carbocycles. The number of anilines is 1. The number of nitrogen functional groups attached to an aromatic ring is 1. The molecule has 186 valence electrons. The summed E-state index contributed by atoms with van der Waals surface area (Å²) < 4.78 is 41.7. The third-order valence-corrected chi connectivity index (χ3v) is 7.34. The van der Waals surface area contributed by atoms with Crippen LogP contribution in [0.15, 0.2) is 12.4 Å². The zero-order chi connectivity index (χ0) is 23.9. The van der Waals surface area contributed by atoms with Crippen molar-refractivity contribution in [2.75, 3.05) is 51.5 Å². The minimum atomic E-state index is -2.55. The van der Waals surface area contributed by atoms with Crippen molar-refractivity contribution in [1.82, 2.24) is 35.0 Å². The molecule has 5 heterocycles. The monoisotopic (exact) mass is 480 g/mol. The second-order valence-corrected chi connectivity index (χ2v) is 9.76. The van der Waals surface area contributed by atoms with Gasteiger partial charge in [-0.1, -0.05) is 0 Å². The van der Waals surface area contributed by atoms with Crippen molar-refractivity contribution in [3.63, 3.8) is 0 Å².